The number of hydrogen-bond donors (Lipinski definition) is 0. The van der Waals surface area contributed by atoms with Crippen molar-refractivity contribution in [2.75, 3.05) is 6.61 Å². The Bertz CT molecular complexity index is 223. The number of allylic oxidation sites excluding steroid dienone is 2. The minimum atomic E-state index is -0.0367. The van der Waals surface area contributed by atoms with Crippen molar-refractivity contribution in [3.05, 3.63) is 12.2 Å². The first-order valence-electron chi connectivity index (χ1n) is 6.23. The van der Waals surface area contributed by atoms with Crippen LogP contribution in [0.4, 0.5) is 0 Å². The molecule has 0 rings (SSSR count). The summed E-state index contributed by atoms with van der Waals surface area (Å²) in [4.78, 5) is 0. The fourth-order valence-corrected chi connectivity index (χ4v) is 1.20. The van der Waals surface area contributed by atoms with Crippen LogP contribution in [0.15, 0.2) is 12.2 Å². The van der Waals surface area contributed by atoms with E-state index < -0.39 is 0 Å². The molecule has 0 aliphatic rings. The Hall–Kier alpha value is -0.300. The van der Waals surface area contributed by atoms with E-state index in [1.165, 1.54) is 0 Å². The van der Waals surface area contributed by atoms with E-state index in [4.69, 9.17) is 4.74 Å². The molecule has 0 bridgehead atoms. The molecule has 0 atom stereocenters. The highest BCUT2D eigenvalue weighted by Gasteiger charge is 2.21. The number of ether oxygens (including phenoxy) is 1. The van der Waals surface area contributed by atoms with Crippen molar-refractivity contribution in [1.82, 2.24) is 0 Å². The van der Waals surface area contributed by atoms with Gasteiger partial charge in [0.25, 0.3) is 0 Å². The molecule has 0 spiro atoms. The zero-order valence-electron chi connectivity index (χ0n) is 12.5. The Morgan fingerprint density at radius 1 is 0.875 bits per heavy atom. The van der Waals surface area contributed by atoms with Crippen molar-refractivity contribution >= 4 is 0 Å². The molecule has 0 fully saturated rings. The molecule has 96 valence electrons. The standard InChI is InChI=1S/C15H30O/c1-13(2,3)10-9-11-15(7,8)12-16-14(4,5)6/h9-10H,11-12H2,1-8H3/b10-9+. The molecule has 1 nitrogen and oxygen atoms in total. The van der Waals surface area contributed by atoms with E-state index in [2.05, 4.69) is 67.5 Å². The molecule has 0 aliphatic carbocycles. The van der Waals surface area contributed by atoms with E-state index in [-0.39, 0.29) is 16.4 Å². The van der Waals surface area contributed by atoms with Gasteiger partial charge in [-0.05, 0) is 38.0 Å². The summed E-state index contributed by atoms with van der Waals surface area (Å²) in [5.74, 6) is 0. The second-order valence-electron chi connectivity index (χ2n) is 7.54. The molecule has 0 saturated carbocycles. The highest BCUT2D eigenvalue weighted by molar-refractivity contribution is 4.94. The van der Waals surface area contributed by atoms with Crippen LogP contribution in [0.2, 0.25) is 0 Å². The molecule has 0 unspecified atom stereocenters. The molecule has 0 aromatic heterocycles. The lowest BCUT2D eigenvalue weighted by Gasteiger charge is -2.29. The van der Waals surface area contributed by atoms with E-state index in [9.17, 15) is 0 Å². The molecule has 0 amide bonds. The van der Waals surface area contributed by atoms with Gasteiger partial charge in [0.05, 0.1) is 12.2 Å². The molecule has 0 N–H and O–H groups in total. The van der Waals surface area contributed by atoms with Gasteiger partial charge in [-0.2, -0.15) is 0 Å². The van der Waals surface area contributed by atoms with E-state index in [0.717, 1.165) is 13.0 Å². The van der Waals surface area contributed by atoms with Gasteiger partial charge in [0.2, 0.25) is 0 Å². The summed E-state index contributed by atoms with van der Waals surface area (Å²) >= 11 is 0. The Morgan fingerprint density at radius 2 is 1.38 bits per heavy atom. The van der Waals surface area contributed by atoms with Gasteiger partial charge >= 0.3 is 0 Å². The lowest BCUT2D eigenvalue weighted by molar-refractivity contribution is -0.0421. The van der Waals surface area contributed by atoms with Crippen LogP contribution in [0.25, 0.3) is 0 Å². The fourth-order valence-electron chi connectivity index (χ4n) is 1.20. The average molecular weight is 226 g/mol. The van der Waals surface area contributed by atoms with Crippen LogP contribution >= 0.6 is 0 Å². The predicted molar refractivity (Wildman–Crippen MR) is 72.7 cm³/mol. The summed E-state index contributed by atoms with van der Waals surface area (Å²) in [6.07, 6.45) is 5.64. The third-order valence-electron chi connectivity index (χ3n) is 2.18. The zero-order chi connectivity index (χ0) is 13.0. The van der Waals surface area contributed by atoms with Crippen LogP contribution in [-0.4, -0.2) is 12.2 Å². The molecule has 0 aromatic carbocycles. The molecule has 16 heavy (non-hydrogen) atoms. The third-order valence-corrected chi connectivity index (χ3v) is 2.18. The van der Waals surface area contributed by atoms with Crippen LogP contribution in [0.1, 0.15) is 61.8 Å². The molecule has 0 aliphatic heterocycles. The Morgan fingerprint density at radius 3 is 1.75 bits per heavy atom. The van der Waals surface area contributed by atoms with Gasteiger partial charge in [-0.1, -0.05) is 46.8 Å². The Balaban J connectivity index is 4.11. The second kappa shape index (κ2) is 5.35. The lowest BCUT2D eigenvalue weighted by atomic mass is 9.88. The number of rotatable bonds is 4. The summed E-state index contributed by atoms with van der Waals surface area (Å²) < 4.78 is 5.84. The lowest BCUT2D eigenvalue weighted by Crippen LogP contribution is -2.27. The monoisotopic (exact) mass is 226 g/mol. The second-order valence-corrected chi connectivity index (χ2v) is 7.54. The largest absolute Gasteiger partial charge is 0.375 e. The smallest absolute Gasteiger partial charge is 0.0598 e. The van der Waals surface area contributed by atoms with Gasteiger partial charge in [0.1, 0.15) is 0 Å². The van der Waals surface area contributed by atoms with Gasteiger partial charge < -0.3 is 4.74 Å². The normalized spacial score (nSPS) is 14.8. The molecular weight excluding hydrogens is 196 g/mol. The summed E-state index contributed by atoms with van der Waals surface area (Å²) in [5, 5.41) is 0. The Kier molecular flexibility index (Phi) is 5.25. The first kappa shape index (κ1) is 15.7. The van der Waals surface area contributed by atoms with Crippen LogP contribution < -0.4 is 0 Å². The first-order valence-corrected chi connectivity index (χ1v) is 6.23. The highest BCUT2D eigenvalue weighted by atomic mass is 16.5. The van der Waals surface area contributed by atoms with Crippen LogP contribution in [0, 0.1) is 10.8 Å². The highest BCUT2D eigenvalue weighted by Crippen LogP contribution is 2.25. The minimum absolute atomic E-state index is 0.0367. The Labute approximate surface area is 102 Å². The molecule has 0 radical (unpaired) electrons. The topological polar surface area (TPSA) is 9.23 Å². The van der Waals surface area contributed by atoms with E-state index in [1.807, 2.05) is 0 Å². The van der Waals surface area contributed by atoms with Crippen molar-refractivity contribution in [1.29, 1.82) is 0 Å². The van der Waals surface area contributed by atoms with Gasteiger partial charge in [-0.15, -0.1) is 0 Å². The van der Waals surface area contributed by atoms with Gasteiger partial charge in [0.15, 0.2) is 0 Å². The van der Waals surface area contributed by atoms with Gasteiger partial charge in [0, 0.05) is 0 Å². The quantitative estimate of drug-likeness (QED) is 0.624. The summed E-state index contributed by atoms with van der Waals surface area (Å²) in [6.45, 7) is 18.3. The summed E-state index contributed by atoms with van der Waals surface area (Å²) in [6, 6.07) is 0. The minimum Gasteiger partial charge on any atom is -0.375 e. The molecule has 0 heterocycles. The van der Waals surface area contributed by atoms with E-state index in [1.54, 1.807) is 0 Å². The predicted octanol–water partition coefficient (Wildman–Crippen LogP) is 4.82. The van der Waals surface area contributed by atoms with Crippen molar-refractivity contribution in [3.63, 3.8) is 0 Å². The van der Waals surface area contributed by atoms with Crippen LogP contribution in [-0.2, 0) is 4.74 Å². The van der Waals surface area contributed by atoms with Crippen molar-refractivity contribution in [3.8, 4) is 0 Å². The van der Waals surface area contributed by atoms with Crippen molar-refractivity contribution in [2.24, 2.45) is 10.8 Å². The summed E-state index contributed by atoms with van der Waals surface area (Å²) in [5.41, 5.74) is 0.459. The maximum atomic E-state index is 5.84. The third kappa shape index (κ3) is 10.2. The molecule has 0 aromatic rings. The molecular formula is C15H30O. The van der Waals surface area contributed by atoms with E-state index in [0.29, 0.717) is 0 Å². The first-order chi connectivity index (χ1) is 6.91. The SMILES string of the molecule is CC(C)(C)/C=C/CC(C)(C)COC(C)(C)C. The van der Waals surface area contributed by atoms with Crippen molar-refractivity contribution < 1.29 is 4.74 Å². The molecule has 1 heteroatoms. The zero-order valence-corrected chi connectivity index (χ0v) is 12.5. The van der Waals surface area contributed by atoms with Crippen molar-refractivity contribution in [2.45, 2.75) is 67.4 Å². The van der Waals surface area contributed by atoms with Gasteiger partial charge in [-0.25, -0.2) is 0 Å². The fraction of sp³-hybridized carbons (Fsp3) is 0.867. The van der Waals surface area contributed by atoms with Crippen LogP contribution in [0.3, 0.4) is 0 Å². The summed E-state index contributed by atoms with van der Waals surface area (Å²) in [7, 11) is 0. The average Bonchev–Trinajstić information content (AvgIpc) is 1.97. The maximum Gasteiger partial charge on any atom is 0.0598 e. The van der Waals surface area contributed by atoms with Gasteiger partial charge in [-0.3, -0.25) is 0 Å². The van der Waals surface area contributed by atoms with E-state index >= 15 is 0 Å². The number of hydrogen-bond acceptors (Lipinski definition) is 1. The maximum absolute atomic E-state index is 5.84. The van der Waals surface area contributed by atoms with Crippen LogP contribution in [0.5, 0.6) is 0 Å². The molecule has 0 saturated heterocycles.